The molecule has 0 heterocycles. The fourth-order valence-electron chi connectivity index (χ4n) is 0. The molecule has 0 amide bonds. The van der Waals surface area contributed by atoms with E-state index in [1.54, 1.807) is 0 Å². The van der Waals surface area contributed by atoms with E-state index in [0.29, 0.717) is 11.7 Å². The summed E-state index contributed by atoms with van der Waals surface area (Å²) in [6.45, 7) is 0. The standard InChI is InChI=1S/Co.Fe.2S/q+2;-2;;. The SMILES string of the molecule is [Co+2].[S]=[Fe-2]=[S]. The third-order valence-electron chi connectivity index (χ3n) is 0. The summed E-state index contributed by atoms with van der Waals surface area (Å²) in [7, 11) is 8.42. The van der Waals surface area contributed by atoms with Crippen molar-refractivity contribution in [2.45, 2.75) is 0 Å². The van der Waals surface area contributed by atoms with Crippen LogP contribution in [-0.2, 0) is 28.5 Å². The Balaban J connectivity index is 0. The molecule has 0 aliphatic heterocycles. The van der Waals surface area contributed by atoms with Gasteiger partial charge in [0.25, 0.3) is 0 Å². The summed E-state index contributed by atoms with van der Waals surface area (Å²) in [5.74, 6) is 0. The fourth-order valence-corrected chi connectivity index (χ4v) is 0. The Labute approximate surface area is 49.4 Å². The van der Waals surface area contributed by atoms with E-state index >= 15 is 0 Å². The molecule has 0 rings (SSSR count). The Morgan fingerprint density at radius 3 is 1.25 bits per heavy atom. The van der Waals surface area contributed by atoms with Crippen LogP contribution in [0.15, 0.2) is 0 Å². The Morgan fingerprint density at radius 1 is 1.25 bits per heavy atom. The van der Waals surface area contributed by atoms with Crippen molar-refractivity contribution in [3.05, 3.63) is 0 Å². The summed E-state index contributed by atoms with van der Waals surface area (Å²) in [6.07, 6.45) is 0. The Morgan fingerprint density at radius 2 is 1.25 bits per heavy atom. The molecule has 0 atom stereocenters. The van der Waals surface area contributed by atoms with Crippen molar-refractivity contribution in [3.8, 4) is 0 Å². The van der Waals surface area contributed by atoms with Crippen molar-refractivity contribution in [3.63, 3.8) is 0 Å². The average molecular weight is 179 g/mol. The molecule has 0 aliphatic carbocycles. The molecule has 0 N–H and O–H groups in total. The molecule has 0 nitrogen and oxygen atoms in total. The van der Waals surface area contributed by atoms with Gasteiger partial charge >= 0.3 is 49.6 Å². The Bertz CT molecular complexity index is 27.0. The first-order valence-electron chi connectivity index (χ1n) is 0.289. The molecule has 0 saturated carbocycles. The van der Waals surface area contributed by atoms with Gasteiger partial charge in [-0.25, -0.2) is 0 Å². The summed E-state index contributed by atoms with van der Waals surface area (Å²) < 4.78 is 0. The first kappa shape index (κ1) is 9.08. The van der Waals surface area contributed by atoms with Gasteiger partial charge in [0.05, 0.1) is 0 Å². The van der Waals surface area contributed by atoms with E-state index in [0.717, 1.165) is 0 Å². The van der Waals surface area contributed by atoms with Gasteiger partial charge in [0, 0.05) is 0 Å². The molecule has 0 aromatic carbocycles. The first-order valence-corrected chi connectivity index (χ1v) is 3.57. The monoisotopic (exact) mass is 179 g/mol. The second-order valence-corrected chi connectivity index (χ2v) is 2.19. The second kappa shape index (κ2) is 8.82. The fraction of sp³-hybridized carbons (Fsp3) is 0. The second-order valence-electron chi connectivity index (χ2n) is 0.0589. The third-order valence-corrected chi connectivity index (χ3v) is 0. The number of hydrogen-bond donors (Lipinski definition) is 0. The van der Waals surface area contributed by atoms with E-state index in [4.69, 9.17) is 0 Å². The summed E-state index contributed by atoms with van der Waals surface area (Å²) >= 11 is 0.417. The topological polar surface area (TPSA) is 0 Å². The maximum absolute atomic E-state index is 4.21. The van der Waals surface area contributed by atoms with Gasteiger partial charge in [-0.05, 0) is 0 Å². The number of rotatable bonds is 0. The van der Waals surface area contributed by atoms with Crippen LogP contribution in [0.1, 0.15) is 0 Å². The minimum absolute atomic E-state index is 0. The molecular weight excluding hydrogens is 179 g/mol. The van der Waals surface area contributed by atoms with E-state index in [1.165, 1.54) is 0 Å². The van der Waals surface area contributed by atoms with Gasteiger partial charge in [0.1, 0.15) is 0 Å². The van der Waals surface area contributed by atoms with Gasteiger partial charge < -0.3 is 0 Å². The Hall–Kier alpha value is 1.47. The molecule has 29 valence electrons. The van der Waals surface area contributed by atoms with Crippen molar-refractivity contribution in [1.29, 1.82) is 0 Å². The van der Waals surface area contributed by atoms with Gasteiger partial charge in [-0.15, -0.1) is 0 Å². The maximum atomic E-state index is 4.21. The van der Waals surface area contributed by atoms with Crippen LogP contribution in [0.5, 0.6) is 0 Å². The molecule has 0 spiro atoms. The van der Waals surface area contributed by atoms with Crippen molar-refractivity contribution in [2.24, 2.45) is 0 Å². The van der Waals surface area contributed by atoms with E-state index < -0.39 is 0 Å². The average Bonchev–Trinajstić information content (AvgIpc) is 0.918. The van der Waals surface area contributed by atoms with Crippen LogP contribution in [0.25, 0.3) is 0 Å². The first-order chi connectivity index (χ1) is 1.41. The summed E-state index contributed by atoms with van der Waals surface area (Å²) in [4.78, 5) is 0. The molecule has 1 radical (unpaired) electrons. The van der Waals surface area contributed by atoms with Crippen LogP contribution < -0.4 is 0 Å². The zero-order valence-electron chi connectivity index (χ0n) is 1.50. The van der Waals surface area contributed by atoms with Gasteiger partial charge in [-0.2, -0.15) is 0 Å². The van der Waals surface area contributed by atoms with Crippen molar-refractivity contribution < 1.29 is 28.5 Å². The molecule has 4 heteroatoms. The zero-order chi connectivity index (χ0) is 2.71. The predicted octanol–water partition coefficient (Wildman–Crippen LogP) is 1.29. The van der Waals surface area contributed by atoms with Crippen molar-refractivity contribution in [2.75, 3.05) is 0 Å². The molecule has 0 saturated heterocycles. The van der Waals surface area contributed by atoms with Gasteiger partial charge in [-0.1, -0.05) is 0 Å². The van der Waals surface area contributed by atoms with Crippen LogP contribution in [0.3, 0.4) is 0 Å². The quantitative estimate of drug-likeness (QED) is 0.513. The molecule has 4 heavy (non-hydrogen) atoms. The van der Waals surface area contributed by atoms with Crippen LogP contribution in [-0.4, -0.2) is 0 Å². The molecule has 0 fully saturated rings. The van der Waals surface area contributed by atoms with Crippen LogP contribution >= 0.6 is 21.1 Å². The zero-order valence-corrected chi connectivity index (χ0v) is 5.28. The van der Waals surface area contributed by atoms with Crippen LogP contribution in [0.2, 0.25) is 0 Å². The molecule has 0 aromatic rings. The molecule has 0 aliphatic rings. The summed E-state index contributed by atoms with van der Waals surface area (Å²) in [6, 6.07) is 0. The van der Waals surface area contributed by atoms with Crippen LogP contribution in [0.4, 0.5) is 0 Å². The normalized spacial score (nSPS) is 5.00. The van der Waals surface area contributed by atoms with E-state index in [1.807, 2.05) is 0 Å². The van der Waals surface area contributed by atoms with Crippen molar-refractivity contribution >= 4 is 21.1 Å². The van der Waals surface area contributed by atoms with Crippen molar-refractivity contribution in [1.82, 2.24) is 0 Å². The van der Waals surface area contributed by atoms with Crippen LogP contribution in [0, 0.1) is 0 Å². The molecule has 0 unspecified atom stereocenters. The summed E-state index contributed by atoms with van der Waals surface area (Å²) in [5, 5.41) is 0. The van der Waals surface area contributed by atoms with Gasteiger partial charge in [-0.3, -0.25) is 0 Å². The van der Waals surface area contributed by atoms with Gasteiger partial charge in [0.2, 0.25) is 0 Å². The molecule has 0 aromatic heterocycles. The third kappa shape index (κ3) is 9.81. The predicted molar refractivity (Wildman–Crippen MR) is 15.2 cm³/mol. The van der Waals surface area contributed by atoms with E-state index in [-0.39, 0.29) is 16.8 Å². The minimum atomic E-state index is 0. The summed E-state index contributed by atoms with van der Waals surface area (Å²) in [5.41, 5.74) is 0. The number of hydrogen-bond acceptors (Lipinski definition) is 2. The molecular formula is CoFeS2. The van der Waals surface area contributed by atoms with E-state index in [2.05, 4.69) is 21.1 Å². The van der Waals surface area contributed by atoms with E-state index in [9.17, 15) is 0 Å². The Kier molecular flexibility index (Phi) is 20.0. The van der Waals surface area contributed by atoms with Gasteiger partial charge in [0.15, 0.2) is 0 Å². The molecule has 0 bridgehead atoms.